The van der Waals surface area contributed by atoms with E-state index in [1.165, 1.54) is 7.05 Å². The van der Waals surface area contributed by atoms with Crippen LogP contribution in [0.1, 0.15) is 63.6 Å². The summed E-state index contributed by atoms with van der Waals surface area (Å²) in [7, 11) is -3.73. The Kier molecular flexibility index (Phi) is 7.07. The van der Waals surface area contributed by atoms with Gasteiger partial charge in [0.1, 0.15) is 5.75 Å². The van der Waals surface area contributed by atoms with Crippen LogP contribution in [0.25, 0.3) is 28.2 Å². The van der Waals surface area contributed by atoms with Gasteiger partial charge >= 0.3 is 10.2 Å². The summed E-state index contributed by atoms with van der Waals surface area (Å²) in [5.74, 6) is -0.612. The molecule has 1 fully saturated rings. The van der Waals surface area contributed by atoms with Crippen molar-refractivity contribution in [2.45, 2.75) is 44.6 Å². The number of carbonyl (C=O) groups is 2. The van der Waals surface area contributed by atoms with E-state index < -0.39 is 23.2 Å². The third-order valence-electron chi connectivity index (χ3n) is 8.81. The number of ether oxygens (including phenoxy) is 2. The highest BCUT2D eigenvalue weighted by Gasteiger charge is 2.31. The number of rotatable bonds is 2. The first-order chi connectivity index (χ1) is 21.8. The Morgan fingerprint density at radius 3 is 2.60 bits per heavy atom. The number of benzene rings is 2. The fourth-order valence-electron chi connectivity index (χ4n) is 6.47. The van der Waals surface area contributed by atoms with E-state index in [9.17, 15) is 18.0 Å². The predicted octanol–water partition coefficient (Wildman–Crippen LogP) is 4.16. The predicted molar refractivity (Wildman–Crippen MR) is 165 cm³/mol. The van der Waals surface area contributed by atoms with Crippen LogP contribution >= 0.6 is 0 Å². The SMILES string of the molecule is [2H]C([2H])([2H])Oc1ccc2c(c1)C=C1Cn3c-2c(C2CCCCC2)c2ccc(cc23)C(=O)NS(=O)(=O)N(C)CCOCCN(C)C1=O. The third-order valence-corrected chi connectivity index (χ3v) is 10.3. The molecule has 0 spiro atoms. The molecule has 228 valence electrons. The normalized spacial score (nSPS) is 21.8. The molecule has 6 rings (SSSR count). The summed E-state index contributed by atoms with van der Waals surface area (Å²) in [6.07, 6.45) is 7.07. The first-order valence-corrected chi connectivity index (χ1v) is 16.1. The molecule has 3 aliphatic rings. The van der Waals surface area contributed by atoms with Gasteiger partial charge in [-0.25, -0.2) is 4.72 Å². The zero-order valence-electron chi connectivity index (χ0n) is 27.4. The van der Waals surface area contributed by atoms with E-state index in [1.807, 2.05) is 16.7 Å². The lowest BCUT2D eigenvalue weighted by Crippen LogP contribution is -2.42. The molecule has 3 aromatic rings. The number of likely N-dealkylation sites (N-methyl/N-ethyl adjacent to an activating group) is 2. The third kappa shape index (κ3) is 5.57. The molecule has 0 unspecified atom stereocenters. The number of nitrogens with zero attached hydrogens (tertiary/aromatic N) is 3. The number of hydrogen-bond acceptors (Lipinski definition) is 6. The zero-order chi connectivity index (χ0) is 32.8. The molecule has 11 heteroatoms. The van der Waals surface area contributed by atoms with Crippen LogP contribution in [0, 0.1) is 0 Å². The second-order valence-electron chi connectivity index (χ2n) is 11.5. The molecule has 10 nitrogen and oxygen atoms in total. The van der Waals surface area contributed by atoms with Crippen molar-refractivity contribution >= 4 is 39.0 Å². The molecule has 1 N–H and O–H groups in total. The van der Waals surface area contributed by atoms with Crippen molar-refractivity contribution in [2.75, 3.05) is 47.4 Å². The minimum absolute atomic E-state index is 0.0128. The average Bonchev–Trinajstić information content (AvgIpc) is 3.21. The summed E-state index contributed by atoms with van der Waals surface area (Å²) < 4.78 is 65.0. The van der Waals surface area contributed by atoms with Gasteiger partial charge in [0, 0.05) is 54.8 Å². The molecule has 1 saturated carbocycles. The van der Waals surface area contributed by atoms with Gasteiger partial charge in [0.25, 0.3) is 11.8 Å². The van der Waals surface area contributed by atoms with Crippen molar-refractivity contribution in [3.63, 3.8) is 0 Å². The fraction of sp³-hybridized carbons (Fsp3) is 0.438. The van der Waals surface area contributed by atoms with Gasteiger partial charge in [-0.2, -0.15) is 12.7 Å². The Morgan fingerprint density at radius 1 is 1.02 bits per heavy atom. The molecular formula is C32H38N4O6S. The van der Waals surface area contributed by atoms with Crippen molar-refractivity contribution in [3.05, 3.63) is 58.7 Å². The number of methoxy groups -OCH3 is 1. The number of hydrogen-bond donors (Lipinski definition) is 1. The van der Waals surface area contributed by atoms with Gasteiger partial charge < -0.3 is 18.9 Å². The van der Waals surface area contributed by atoms with E-state index in [2.05, 4.69) is 4.72 Å². The Balaban J connectivity index is 1.60. The van der Waals surface area contributed by atoms with Gasteiger partial charge in [0.15, 0.2) is 0 Å². The van der Waals surface area contributed by atoms with Crippen molar-refractivity contribution in [1.29, 1.82) is 0 Å². The van der Waals surface area contributed by atoms with Crippen LogP contribution in [0.2, 0.25) is 0 Å². The Bertz CT molecular complexity index is 1830. The highest BCUT2D eigenvalue weighted by Crippen LogP contribution is 2.47. The first kappa shape index (κ1) is 25.8. The summed E-state index contributed by atoms with van der Waals surface area (Å²) in [6.45, 7) is 0.697. The smallest absolute Gasteiger partial charge is 0.303 e. The Hall–Kier alpha value is -3.67. The van der Waals surface area contributed by atoms with E-state index in [-0.39, 0.29) is 56.0 Å². The molecule has 0 radical (unpaired) electrons. The molecule has 4 bridgehead atoms. The number of aromatic nitrogens is 1. The van der Waals surface area contributed by atoms with Crippen molar-refractivity contribution in [3.8, 4) is 17.0 Å². The Labute approximate surface area is 256 Å². The quantitative estimate of drug-likeness (QED) is 0.468. The molecule has 1 aromatic heterocycles. The molecular weight excluding hydrogens is 568 g/mol. The Morgan fingerprint density at radius 2 is 1.81 bits per heavy atom. The van der Waals surface area contributed by atoms with Crippen LogP contribution in [0.5, 0.6) is 5.75 Å². The summed E-state index contributed by atoms with van der Waals surface area (Å²) in [4.78, 5) is 28.9. The highest BCUT2D eigenvalue weighted by molar-refractivity contribution is 7.87. The van der Waals surface area contributed by atoms with Gasteiger partial charge in [-0.15, -0.1) is 0 Å². The summed E-state index contributed by atoms with van der Waals surface area (Å²) in [5.41, 5.74) is 4.80. The van der Waals surface area contributed by atoms with E-state index in [4.69, 9.17) is 13.6 Å². The van der Waals surface area contributed by atoms with Gasteiger partial charge in [-0.1, -0.05) is 25.3 Å². The minimum Gasteiger partial charge on any atom is -0.497 e. The average molecular weight is 610 g/mol. The number of nitrogens with one attached hydrogen (secondary N) is 1. The molecule has 2 aromatic carbocycles. The molecule has 0 saturated heterocycles. The molecule has 2 amide bonds. The monoisotopic (exact) mass is 609 g/mol. The van der Waals surface area contributed by atoms with Gasteiger partial charge in [-0.3, -0.25) is 9.59 Å². The zero-order valence-corrected chi connectivity index (χ0v) is 25.2. The molecule has 2 aliphatic heterocycles. The topological polar surface area (TPSA) is 110 Å². The number of amides is 2. The lowest BCUT2D eigenvalue weighted by atomic mass is 9.81. The van der Waals surface area contributed by atoms with Crippen LogP contribution < -0.4 is 9.46 Å². The van der Waals surface area contributed by atoms with Crippen molar-refractivity contribution in [1.82, 2.24) is 18.5 Å². The van der Waals surface area contributed by atoms with Crippen LogP contribution in [0.4, 0.5) is 0 Å². The maximum atomic E-state index is 14.0. The highest BCUT2D eigenvalue weighted by atomic mass is 32.2. The second kappa shape index (κ2) is 11.8. The maximum Gasteiger partial charge on any atom is 0.303 e. The van der Waals surface area contributed by atoms with Crippen LogP contribution in [-0.4, -0.2) is 81.4 Å². The van der Waals surface area contributed by atoms with E-state index in [1.54, 1.807) is 42.3 Å². The first-order valence-electron chi connectivity index (χ1n) is 16.1. The van der Waals surface area contributed by atoms with Crippen molar-refractivity contribution in [2.24, 2.45) is 0 Å². The molecule has 43 heavy (non-hydrogen) atoms. The van der Waals surface area contributed by atoms with Crippen LogP contribution in [0.3, 0.4) is 0 Å². The molecule has 1 aliphatic carbocycles. The minimum atomic E-state index is -4.14. The van der Waals surface area contributed by atoms with Crippen LogP contribution in [0.15, 0.2) is 42.0 Å². The molecule has 0 atom stereocenters. The van der Waals surface area contributed by atoms with E-state index >= 15 is 0 Å². The van der Waals surface area contributed by atoms with Crippen molar-refractivity contribution < 1.29 is 31.6 Å². The lowest BCUT2D eigenvalue weighted by molar-refractivity contribution is -0.126. The van der Waals surface area contributed by atoms with E-state index in [0.29, 0.717) is 16.7 Å². The van der Waals surface area contributed by atoms with E-state index in [0.717, 1.165) is 58.6 Å². The van der Waals surface area contributed by atoms with Gasteiger partial charge in [0.05, 0.1) is 36.6 Å². The summed E-state index contributed by atoms with van der Waals surface area (Å²) in [5, 5.41) is 0.931. The summed E-state index contributed by atoms with van der Waals surface area (Å²) in [6, 6.07) is 10.3. The number of fused-ring (bicyclic) bond motifs is 4. The van der Waals surface area contributed by atoms with Gasteiger partial charge in [0.2, 0.25) is 0 Å². The molecule has 3 heterocycles. The van der Waals surface area contributed by atoms with Crippen LogP contribution in [-0.2, 0) is 26.3 Å². The maximum absolute atomic E-state index is 14.0. The fourth-order valence-corrected chi connectivity index (χ4v) is 7.29. The summed E-state index contributed by atoms with van der Waals surface area (Å²) >= 11 is 0. The largest absolute Gasteiger partial charge is 0.497 e. The standard InChI is InChI=1S/C32H38N4O6S/c1-34-13-15-42-16-14-35(2)43(39,40)33-31(37)22-9-11-27-28(19-22)36-20-24(32(34)38)17-23-18-25(41-3)10-12-26(23)30(36)29(27)21-7-5-4-6-8-21/h9-12,17-19,21H,4-8,13-16,20H2,1-3H3,(H,33,37)/i3D3. The van der Waals surface area contributed by atoms with Gasteiger partial charge in [-0.05, 0) is 66.3 Å². The lowest BCUT2D eigenvalue weighted by Gasteiger charge is -2.24. The number of carbonyl (C=O) groups excluding carboxylic acids is 2. The second-order valence-corrected chi connectivity index (χ2v) is 13.3.